The van der Waals surface area contributed by atoms with Crippen molar-refractivity contribution in [2.45, 2.75) is 30.1 Å². The third-order valence-corrected chi connectivity index (χ3v) is 6.05. The van der Waals surface area contributed by atoms with Gasteiger partial charge in [-0.3, -0.25) is 5.10 Å². The molecule has 2 heterocycles. The van der Waals surface area contributed by atoms with Crippen LogP contribution >= 0.6 is 0 Å². The Kier molecular flexibility index (Phi) is 3.59. The monoisotopic (exact) mass is 305 g/mol. The van der Waals surface area contributed by atoms with Gasteiger partial charge in [0.05, 0.1) is 4.90 Å². The molecule has 1 aliphatic rings. The first-order valence-electron chi connectivity index (χ1n) is 7.07. The third kappa shape index (κ3) is 2.61. The average molecular weight is 305 g/mol. The highest BCUT2D eigenvalue weighted by molar-refractivity contribution is 7.89. The number of aromatic amines is 1. The summed E-state index contributed by atoms with van der Waals surface area (Å²) in [4.78, 5) is 0.360. The summed E-state index contributed by atoms with van der Waals surface area (Å²) in [6.45, 7) is 3.14. The number of rotatable bonds is 3. The predicted octanol–water partition coefficient (Wildman–Crippen LogP) is 2.15. The van der Waals surface area contributed by atoms with E-state index in [0.717, 1.165) is 18.5 Å². The van der Waals surface area contributed by atoms with Gasteiger partial charge in [0.15, 0.2) is 0 Å². The molecule has 0 saturated carbocycles. The molecule has 0 spiro atoms. The van der Waals surface area contributed by atoms with E-state index < -0.39 is 10.0 Å². The minimum Gasteiger partial charge on any atom is -0.282 e. The summed E-state index contributed by atoms with van der Waals surface area (Å²) in [6.07, 6.45) is 3.52. The topological polar surface area (TPSA) is 66.1 Å². The minimum atomic E-state index is -3.43. The molecular formula is C15H19N3O2S. The van der Waals surface area contributed by atoms with E-state index in [1.54, 1.807) is 34.8 Å². The Labute approximate surface area is 125 Å². The lowest BCUT2D eigenvalue weighted by atomic mass is 9.80. The molecule has 1 saturated heterocycles. The quantitative estimate of drug-likeness (QED) is 0.945. The fourth-order valence-electron chi connectivity index (χ4n) is 2.95. The Morgan fingerprint density at radius 2 is 2.00 bits per heavy atom. The lowest BCUT2D eigenvalue weighted by Gasteiger charge is -2.39. The molecule has 0 unspecified atom stereocenters. The first kappa shape index (κ1) is 14.3. The van der Waals surface area contributed by atoms with E-state index in [1.165, 1.54) is 0 Å². The maximum absolute atomic E-state index is 12.7. The van der Waals surface area contributed by atoms with Crippen LogP contribution in [0.2, 0.25) is 0 Å². The van der Waals surface area contributed by atoms with Gasteiger partial charge in [0.2, 0.25) is 10.0 Å². The summed E-state index contributed by atoms with van der Waals surface area (Å²) in [5.41, 5.74) is 0.784. The number of hydrogen-bond acceptors (Lipinski definition) is 3. The number of benzene rings is 1. The molecule has 1 aromatic heterocycles. The maximum Gasteiger partial charge on any atom is 0.243 e. The van der Waals surface area contributed by atoms with Crippen LogP contribution in [-0.2, 0) is 15.4 Å². The number of piperidine rings is 1. The molecule has 6 heteroatoms. The fraction of sp³-hybridized carbons (Fsp3) is 0.400. The normalized spacial score (nSPS) is 24.0. The minimum absolute atomic E-state index is 0.212. The zero-order chi connectivity index (χ0) is 14.9. The van der Waals surface area contributed by atoms with Crippen molar-refractivity contribution in [1.82, 2.24) is 14.5 Å². The van der Waals surface area contributed by atoms with E-state index in [9.17, 15) is 8.42 Å². The Morgan fingerprint density at radius 3 is 2.67 bits per heavy atom. The van der Waals surface area contributed by atoms with Crippen molar-refractivity contribution < 1.29 is 8.42 Å². The van der Waals surface area contributed by atoms with Crippen LogP contribution in [0.25, 0.3) is 0 Å². The molecule has 1 N–H and O–H groups in total. The Hall–Kier alpha value is -1.66. The number of nitrogens with zero attached hydrogens (tertiary/aromatic N) is 2. The smallest absolute Gasteiger partial charge is 0.243 e. The molecule has 1 aliphatic heterocycles. The molecule has 1 aromatic carbocycles. The van der Waals surface area contributed by atoms with Crippen LogP contribution in [-0.4, -0.2) is 36.0 Å². The summed E-state index contributed by atoms with van der Waals surface area (Å²) in [7, 11) is -3.43. The van der Waals surface area contributed by atoms with Gasteiger partial charge in [-0.05, 0) is 31.0 Å². The zero-order valence-electron chi connectivity index (χ0n) is 12.0. The molecule has 0 bridgehead atoms. The van der Waals surface area contributed by atoms with Crippen molar-refractivity contribution in [3.05, 3.63) is 48.3 Å². The molecule has 0 radical (unpaired) electrons. The van der Waals surface area contributed by atoms with Crippen molar-refractivity contribution in [3.8, 4) is 0 Å². The van der Waals surface area contributed by atoms with Crippen LogP contribution in [0.5, 0.6) is 0 Å². The van der Waals surface area contributed by atoms with Crippen molar-refractivity contribution in [3.63, 3.8) is 0 Å². The van der Waals surface area contributed by atoms with Crippen LogP contribution in [0.15, 0.2) is 47.5 Å². The van der Waals surface area contributed by atoms with E-state index in [2.05, 4.69) is 17.1 Å². The number of H-pyrrole nitrogens is 1. The van der Waals surface area contributed by atoms with Gasteiger partial charge in [0.25, 0.3) is 0 Å². The fourth-order valence-corrected chi connectivity index (χ4v) is 4.58. The van der Waals surface area contributed by atoms with Gasteiger partial charge in [-0.1, -0.05) is 25.1 Å². The van der Waals surface area contributed by atoms with Gasteiger partial charge in [-0.2, -0.15) is 9.40 Å². The third-order valence-electron chi connectivity index (χ3n) is 4.19. The van der Waals surface area contributed by atoms with Gasteiger partial charge in [0, 0.05) is 30.4 Å². The second kappa shape index (κ2) is 5.27. The number of hydrogen-bond donors (Lipinski definition) is 1. The Balaban J connectivity index is 1.90. The van der Waals surface area contributed by atoms with Crippen molar-refractivity contribution in [1.29, 1.82) is 0 Å². The predicted molar refractivity (Wildman–Crippen MR) is 80.4 cm³/mol. The Morgan fingerprint density at radius 1 is 1.24 bits per heavy atom. The molecular weight excluding hydrogens is 286 g/mol. The highest BCUT2D eigenvalue weighted by Crippen LogP contribution is 2.34. The molecule has 0 amide bonds. The second-order valence-electron chi connectivity index (χ2n) is 5.79. The Bertz CT molecular complexity index is 698. The van der Waals surface area contributed by atoms with E-state index >= 15 is 0 Å². The van der Waals surface area contributed by atoms with Crippen LogP contribution in [0.4, 0.5) is 0 Å². The second-order valence-corrected chi connectivity index (χ2v) is 7.72. The van der Waals surface area contributed by atoms with Crippen molar-refractivity contribution >= 4 is 10.0 Å². The van der Waals surface area contributed by atoms with Crippen LogP contribution in [0.3, 0.4) is 0 Å². The molecule has 1 atom stereocenters. The summed E-state index contributed by atoms with van der Waals surface area (Å²) in [5.74, 6) is 0. The number of nitrogens with one attached hydrogen (secondary N) is 1. The standard InChI is InChI=1S/C15H19N3O2S/c1-15(14-8-10-16-17-14)9-5-11-18(12-15)21(19,20)13-6-3-2-4-7-13/h2-4,6-8,10H,5,9,11-12H2,1H3,(H,16,17)/t15-/m0/s1. The average Bonchev–Trinajstić information content (AvgIpc) is 3.03. The summed E-state index contributed by atoms with van der Waals surface area (Å²) >= 11 is 0. The van der Waals surface area contributed by atoms with E-state index in [0.29, 0.717) is 18.0 Å². The zero-order valence-corrected chi connectivity index (χ0v) is 12.8. The lowest BCUT2D eigenvalue weighted by Crippen LogP contribution is -2.47. The largest absolute Gasteiger partial charge is 0.282 e. The van der Waals surface area contributed by atoms with Gasteiger partial charge in [-0.15, -0.1) is 0 Å². The molecule has 5 nitrogen and oxygen atoms in total. The van der Waals surface area contributed by atoms with Gasteiger partial charge in [-0.25, -0.2) is 8.42 Å². The lowest BCUT2D eigenvalue weighted by molar-refractivity contribution is 0.236. The highest BCUT2D eigenvalue weighted by Gasteiger charge is 2.38. The van der Waals surface area contributed by atoms with Crippen molar-refractivity contribution in [2.24, 2.45) is 0 Å². The highest BCUT2D eigenvalue weighted by atomic mass is 32.2. The first-order valence-corrected chi connectivity index (χ1v) is 8.51. The van der Waals surface area contributed by atoms with E-state index in [4.69, 9.17) is 0 Å². The maximum atomic E-state index is 12.7. The van der Waals surface area contributed by atoms with E-state index in [-0.39, 0.29) is 5.41 Å². The molecule has 3 rings (SSSR count). The van der Waals surface area contributed by atoms with Gasteiger partial charge >= 0.3 is 0 Å². The molecule has 2 aromatic rings. The van der Waals surface area contributed by atoms with Crippen LogP contribution in [0, 0.1) is 0 Å². The summed E-state index contributed by atoms with van der Waals surface area (Å²) in [5, 5.41) is 6.98. The summed E-state index contributed by atoms with van der Waals surface area (Å²) < 4.78 is 27.1. The molecule has 21 heavy (non-hydrogen) atoms. The van der Waals surface area contributed by atoms with Crippen LogP contribution < -0.4 is 0 Å². The first-order chi connectivity index (χ1) is 10.0. The number of sulfonamides is 1. The van der Waals surface area contributed by atoms with Crippen LogP contribution in [0.1, 0.15) is 25.5 Å². The molecule has 1 fully saturated rings. The van der Waals surface area contributed by atoms with Gasteiger partial charge < -0.3 is 0 Å². The van der Waals surface area contributed by atoms with Crippen molar-refractivity contribution in [2.75, 3.05) is 13.1 Å². The van der Waals surface area contributed by atoms with E-state index in [1.807, 2.05) is 12.1 Å². The number of aromatic nitrogens is 2. The molecule has 112 valence electrons. The molecule has 0 aliphatic carbocycles. The summed E-state index contributed by atoms with van der Waals surface area (Å²) in [6, 6.07) is 10.6. The SMILES string of the molecule is C[C@]1(c2ccn[nH]2)CCCN(S(=O)(=O)c2ccccc2)C1. The van der Waals surface area contributed by atoms with Gasteiger partial charge in [0.1, 0.15) is 0 Å².